The Morgan fingerprint density at radius 3 is 1.46 bits per heavy atom. The van der Waals surface area contributed by atoms with Gasteiger partial charge in [-0.1, -0.05) is 69.2 Å². The van der Waals surface area contributed by atoms with Crippen molar-refractivity contribution in [2.24, 2.45) is 0 Å². The Balaban J connectivity index is 2.61. The lowest BCUT2D eigenvalue weighted by atomic mass is 10.2. The lowest BCUT2D eigenvalue weighted by molar-refractivity contribution is 0.804. The van der Waals surface area contributed by atoms with E-state index in [9.17, 15) is 0 Å². The molecular weight excluding hydrogens is 433 g/mol. The van der Waals surface area contributed by atoms with Gasteiger partial charge in [0.2, 0.25) is 0 Å². The molecular formula is C20H32S6. The average Bonchev–Trinajstić information content (AvgIpc) is 2.86. The van der Waals surface area contributed by atoms with E-state index in [-0.39, 0.29) is 14.2 Å². The quantitative estimate of drug-likeness (QED) is 0.324. The van der Waals surface area contributed by atoms with Gasteiger partial charge in [0.15, 0.2) is 0 Å². The second-order valence-corrected chi connectivity index (χ2v) is 19.0. The fourth-order valence-electron chi connectivity index (χ4n) is 2.23. The lowest BCUT2D eigenvalue weighted by Gasteiger charge is -2.20. The Labute approximate surface area is 185 Å². The standard InChI is InChI=1S/C20H32S6/c1-11-21-14-12-13(16(22-14)25-19(5,6)7)17(26-20(8,9)10)23-15(12)24-18(2,3)4/h11H2,1-10H3. The van der Waals surface area contributed by atoms with Crippen molar-refractivity contribution in [3.05, 3.63) is 11.1 Å². The summed E-state index contributed by atoms with van der Waals surface area (Å²) in [5.41, 5.74) is 3.06. The van der Waals surface area contributed by atoms with Crippen LogP contribution in [0.5, 0.6) is 0 Å². The van der Waals surface area contributed by atoms with E-state index in [1.54, 1.807) is 0 Å². The molecule has 0 aromatic carbocycles. The molecule has 0 spiro atoms. The van der Waals surface area contributed by atoms with Gasteiger partial charge in [0.25, 0.3) is 0 Å². The van der Waals surface area contributed by atoms with Crippen molar-refractivity contribution in [1.29, 1.82) is 0 Å². The van der Waals surface area contributed by atoms with E-state index in [4.69, 9.17) is 0 Å². The first-order valence-corrected chi connectivity index (χ1v) is 14.1. The second-order valence-electron chi connectivity index (χ2n) is 9.18. The Morgan fingerprint density at radius 2 is 1.08 bits per heavy atom. The summed E-state index contributed by atoms with van der Waals surface area (Å²) in [4.78, 5) is 0. The van der Waals surface area contributed by atoms with E-state index in [0.29, 0.717) is 0 Å². The molecule has 0 nitrogen and oxygen atoms in total. The van der Waals surface area contributed by atoms with E-state index >= 15 is 0 Å². The molecule has 0 amide bonds. The molecule has 1 aliphatic heterocycles. The van der Waals surface area contributed by atoms with Gasteiger partial charge in [-0.15, -0.1) is 69.3 Å². The number of fused-ring (bicyclic) bond motifs is 1. The predicted octanol–water partition coefficient (Wildman–Crippen LogP) is 8.52. The van der Waals surface area contributed by atoms with E-state index in [1.807, 2.05) is 69.3 Å². The molecule has 0 saturated carbocycles. The molecule has 2 heterocycles. The highest BCUT2D eigenvalue weighted by molar-refractivity contribution is 8.35. The molecule has 0 bridgehead atoms. The number of thioether (sulfide) groups is 4. The van der Waals surface area contributed by atoms with Crippen molar-refractivity contribution in [2.75, 3.05) is 5.75 Å². The zero-order valence-corrected chi connectivity index (χ0v) is 22.6. The van der Waals surface area contributed by atoms with Crippen LogP contribution in [0.15, 0.2) is 8.42 Å². The third-order valence-electron chi connectivity index (χ3n) is 2.91. The minimum atomic E-state index is 0.227. The summed E-state index contributed by atoms with van der Waals surface area (Å²) in [6.07, 6.45) is 0. The molecule has 26 heavy (non-hydrogen) atoms. The van der Waals surface area contributed by atoms with Crippen molar-refractivity contribution in [3.63, 3.8) is 0 Å². The van der Waals surface area contributed by atoms with Crippen molar-refractivity contribution in [1.82, 2.24) is 0 Å². The molecule has 1 aromatic heterocycles. The largest absolute Gasteiger partial charge is 0.121 e. The number of thiophene rings is 1. The van der Waals surface area contributed by atoms with Crippen molar-refractivity contribution in [3.8, 4) is 0 Å². The van der Waals surface area contributed by atoms with Gasteiger partial charge in [-0.2, -0.15) is 0 Å². The van der Waals surface area contributed by atoms with Crippen molar-refractivity contribution in [2.45, 2.75) is 91.9 Å². The van der Waals surface area contributed by atoms with Gasteiger partial charge in [0.1, 0.15) is 0 Å². The third-order valence-corrected chi connectivity index (χ3v) is 10.3. The normalized spacial score (nSPS) is 15.5. The van der Waals surface area contributed by atoms with Crippen LogP contribution in [0.2, 0.25) is 0 Å². The van der Waals surface area contributed by atoms with Crippen LogP contribution in [0.1, 0.15) is 80.4 Å². The van der Waals surface area contributed by atoms with Gasteiger partial charge in [0, 0.05) is 25.4 Å². The molecule has 148 valence electrons. The average molecular weight is 465 g/mol. The summed E-state index contributed by atoms with van der Waals surface area (Å²) in [7, 11) is 2.02. The molecule has 0 unspecified atom stereocenters. The lowest BCUT2D eigenvalue weighted by Crippen LogP contribution is -2.12. The van der Waals surface area contributed by atoms with Gasteiger partial charge in [-0.25, -0.2) is 0 Å². The minimum absolute atomic E-state index is 0.227. The molecule has 1 aliphatic rings. The van der Waals surface area contributed by atoms with Gasteiger partial charge in [0.05, 0.1) is 16.8 Å². The van der Waals surface area contributed by atoms with Crippen molar-refractivity contribution < 1.29 is 0 Å². The summed E-state index contributed by atoms with van der Waals surface area (Å²) >= 11 is 10.1. The molecule has 6 heteroatoms. The number of rotatable bonds is 3. The molecule has 0 atom stereocenters. The van der Waals surface area contributed by atoms with Crippen LogP contribution in [0.4, 0.5) is 0 Å². The smallest absolute Gasteiger partial charge is 0.0714 e. The highest BCUT2D eigenvalue weighted by Crippen LogP contribution is 2.53. The zero-order valence-electron chi connectivity index (χ0n) is 17.7. The molecule has 0 aliphatic carbocycles. The monoisotopic (exact) mass is 464 g/mol. The molecule has 2 rings (SSSR count). The van der Waals surface area contributed by atoms with Gasteiger partial charge in [-0.05, 0) is 5.75 Å². The van der Waals surface area contributed by atoms with E-state index < -0.39 is 0 Å². The summed E-state index contributed by atoms with van der Waals surface area (Å²) in [5.74, 6) is 1.13. The summed E-state index contributed by atoms with van der Waals surface area (Å²) in [6.45, 7) is 23.2. The molecule has 0 saturated heterocycles. The van der Waals surface area contributed by atoms with E-state index in [1.165, 1.54) is 27.9 Å². The SMILES string of the molecule is CCSC1=S=C(SC(C)(C)C)c2c(SC(C)(C)C)sc(SC(C)(C)C)c21. The maximum Gasteiger partial charge on any atom is 0.0714 e. The first-order chi connectivity index (χ1) is 11.7. The molecule has 1 aromatic rings. The number of hydrogen-bond donors (Lipinski definition) is 0. The highest BCUT2D eigenvalue weighted by atomic mass is 32.2. The zero-order chi connectivity index (χ0) is 19.9. The maximum absolute atomic E-state index is 2.32. The molecule has 0 radical (unpaired) electrons. The Morgan fingerprint density at radius 1 is 0.654 bits per heavy atom. The Kier molecular flexibility index (Phi) is 7.57. The van der Waals surface area contributed by atoms with Crippen LogP contribution in [0.3, 0.4) is 0 Å². The van der Waals surface area contributed by atoms with Crippen molar-refractivity contribution >= 4 is 77.7 Å². The molecule has 0 fully saturated rings. The summed E-state index contributed by atoms with van der Waals surface area (Å²) in [5, 5.41) is 0. The van der Waals surface area contributed by atoms with E-state index in [0.717, 1.165) is 5.75 Å². The Hall–Kier alpha value is 1.06. The van der Waals surface area contributed by atoms with Crippen LogP contribution in [0, 0.1) is 0 Å². The summed E-state index contributed by atoms with van der Waals surface area (Å²) in [6, 6.07) is 0. The fraction of sp³-hybridized carbons (Fsp3) is 0.700. The fourth-order valence-corrected chi connectivity index (χ4v) is 12.2. The second kappa shape index (κ2) is 8.43. The third kappa shape index (κ3) is 6.55. The topological polar surface area (TPSA) is 0 Å². The molecule has 0 N–H and O–H groups in total. The first-order valence-electron chi connectivity index (χ1n) is 8.99. The van der Waals surface area contributed by atoms with Crippen LogP contribution in [-0.4, -0.2) is 28.4 Å². The van der Waals surface area contributed by atoms with Gasteiger partial charge in [-0.3, -0.25) is 0 Å². The first kappa shape index (κ1) is 23.3. The highest BCUT2D eigenvalue weighted by Gasteiger charge is 2.33. The van der Waals surface area contributed by atoms with E-state index in [2.05, 4.69) is 69.2 Å². The van der Waals surface area contributed by atoms with Crippen LogP contribution in [0.25, 0.3) is 0 Å². The summed E-state index contributed by atoms with van der Waals surface area (Å²) < 4.78 is 6.72. The van der Waals surface area contributed by atoms with Gasteiger partial charge < -0.3 is 0 Å². The van der Waals surface area contributed by atoms with Crippen LogP contribution < -0.4 is 0 Å². The van der Waals surface area contributed by atoms with Gasteiger partial charge >= 0.3 is 0 Å². The predicted molar refractivity (Wildman–Crippen MR) is 137 cm³/mol. The number of hydrogen-bond acceptors (Lipinski definition) is 5. The van der Waals surface area contributed by atoms with Crippen LogP contribution in [-0.2, 0) is 0 Å². The minimum Gasteiger partial charge on any atom is -0.121 e. The maximum atomic E-state index is 2.32. The van der Waals surface area contributed by atoms with Crippen LogP contribution >= 0.6 is 69.3 Å². The Bertz CT molecular complexity index is 728.